The Morgan fingerprint density at radius 1 is 1.41 bits per heavy atom. The van der Waals surface area contributed by atoms with Crippen LogP contribution in [0, 0.1) is 0 Å². The van der Waals surface area contributed by atoms with Gasteiger partial charge in [0.25, 0.3) is 0 Å². The van der Waals surface area contributed by atoms with Crippen LogP contribution in [0.2, 0.25) is 0 Å². The highest BCUT2D eigenvalue weighted by molar-refractivity contribution is 9.10. The summed E-state index contributed by atoms with van der Waals surface area (Å²) in [7, 11) is 0. The van der Waals surface area contributed by atoms with Gasteiger partial charge >= 0.3 is 0 Å². The topological polar surface area (TPSA) is 18.5 Å². The van der Waals surface area contributed by atoms with Crippen molar-refractivity contribution in [2.45, 2.75) is 24.7 Å². The minimum Gasteiger partial charge on any atom is -0.489 e. The van der Waals surface area contributed by atoms with E-state index >= 15 is 0 Å². The fourth-order valence-electron chi connectivity index (χ4n) is 1.87. The Hall–Kier alpha value is -0.190. The molecule has 0 N–H and O–H groups in total. The van der Waals surface area contributed by atoms with Crippen molar-refractivity contribution in [2.24, 2.45) is 0 Å². The molecule has 1 aliphatic heterocycles. The average Bonchev–Trinajstić information content (AvgIpc) is 2.34. The predicted octanol–water partition coefficient (Wildman–Crippen LogP) is 3.87. The van der Waals surface area contributed by atoms with Gasteiger partial charge in [0.1, 0.15) is 11.9 Å². The normalized spacial score (nSPS) is 17.1. The summed E-state index contributed by atoms with van der Waals surface area (Å²) in [5, 5.41) is 0. The van der Waals surface area contributed by atoms with E-state index in [1.165, 1.54) is 5.56 Å². The van der Waals surface area contributed by atoms with Crippen LogP contribution in [0.15, 0.2) is 22.7 Å². The molecule has 0 aromatic heterocycles. The van der Waals surface area contributed by atoms with Crippen molar-refractivity contribution in [2.75, 3.05) is 19.5 Å². The van der Waals surface area contributed by atoms with Crippen LogP contribution in [0.3, 0.4) is 0 Å². The van der Waals surface area contributed by atoms with Crippen molar-refractivity contribution in [1.82, 2.24) is 0 Å². The Balaban J connectivity index is 2.00. The average molecular weight is 317 g/mol. The van der Waals surface area contributed by atoms with Crippen molar-refractivity contribution in [3.05, 3.63) is 28.2 Å². The summed E-state index contributed by atoms with van der Waals surface area (Å²) < 4.78 is 12.4. The lowest BCUT2D eigenvalue weighted by atomic mass is 10.1. The fraction of sp³-hybridized carbons (Fsp3) is 0.538. The van der Waals surface area contributed by atoms with E-state index in [0.29, 0.717) is 6.10 Å². The van der Waals surface area contributed by atoms with Gasteiger partial charge < -0.3 is 9.47 Å². The highest BCUT2D eigenvalue weighted by atomic mass is 79.9. The van der Waals surface area contributed by atoms with Gasteiger partial charge in [0.05, 0.1) is 17.7 Å². The first-order chi connectivity index (χ1) is 8.29. The zero-order valence-electron chi connectivity index (χ0n) is 9.95. The molecule has 2 rings (SSSR count). The lowest BCUT2D eigenvalue weighted by molar-refractivity contribution is 0.0252. The second-order valence-corrected chi connectivity index (χ2v) is 5.85. The third-order valence-corrected chi connectivity index (χ3v) is 4.01. The van der Waals surface area contributed by atoms with Gasteiger partial charge in [-0.3, -0.25) is 0 Å². The summed E-state index contributed by atoms with van der Waals surface area (Å²) in [6, 6.07) is 6.34. The van der Waals surface area contributed by atoms with Gasteiger partial charge in [-0.2, -0.15) is 11.8 Å². The van der Waals surface area contributed by atoms with Gasteiger partial charge in [-0.15, -0.1) is 0 Å². The summed E-state index contributed by atoms with van der Waals surface area (Å²) >= 11 is 5.41. The molecule has 0 radical (unpaired) electrons. The van der Waals surface area contributed by atoms with Gasteiger partial charge in [-0.1, -0.05) is 6.07 Å². The van der Waals surface area contributed by atoms with Crippen molar-refractivity contribution >= 4 is 27.7 Å². The van der Waals surface area contributed by atoms with Crippen molar-refractivity contribution in [3.63, 3.8) is 0 Å². The molecule has 1 aromatic rings. The molecule has 94 valence electrons. The van der Waals surface area contributed by atoms with Crippen LogP contribution in [-0.2, 0) is 10.5 Å². The van der Waals surface area contributed by atoms with Gasteiger partial charge in [-0.25, -0.2) is 0 Å². The lowest BCUT2D eigenvalue weighted by Gasteiger charge is -2.24. The molecule has 0 saturated carbocycles. The molecular weight excluding hydrogens is 300 g/mol. The Morgan fingerprint density at radius 3 is 2.82 bits per heavy atom. The van der Waals surface area contributed by atoms with Crippen LogP contribution in [0.5, 0.6) is 5.75 Å². The number of benzene rings is 1. The summed E-state index contributed by atoms with van der Waals surface area (Å²) in [4.78, 5) is 0. The number of rotatable bonds is 4. The minimum absolute atomic E-state index is 0.298. The molecule has 0 aliphatic carbocycles. The molecule has 1 aliphatic rings. The molecule has 4 heteroatoms. The quantitative estimate of drug-likeness (QED) is 0.840. The van der Waals surface area contributed by atoms with Gasteiger partial charge in [0.15, 0.2) is 0 Å². The Kier molecular flexibility index (Phi) is 5.19. The van der Waals surface area contributed by atoms with Gasteiger partial charge in [0.2, 0.25) is 0 Å². The largest absolute Gasteiger partial charge is 0.489 e. The van der Waals surface area contributed by atoms with Crippen LogP contribution in [0.1, 0.15) is 18.4 Å². The SMILES string of the molecule is CSCc1ccc(OC2CCOCC2)c(Br)c1. The Labute approximate surface area is 115 Å². The van der Waals surface area contributed by atoms with E-state index in [9.17, 15) is 0 Å². The van der Waals surface area contributed by atoms with E-state index < -0.39 is 0 Å². The first-order valence-corrected chi connectivity index (χ1v) is 8.00. The van der Waals surface area contributed by atoms with E-state index in [1.54, 1.807) is 0 Å². The molecule has 1 heterocycles. The number of hydrogen-bond donors (Lipinski definition) is 0. The molecule has 1 saturated heterocycles. The maximum absolute atomic E-state index is 5.99. The first-order valence-electron chi connectivity index (χ1n) is 5.81. The molecule has 1 fully saturated rings. The Morgan fingerprint density at radius 2 is 2.18 bits per heavy atom. The van der Waals surface area contributed by atoms with Crippen molar-refractivity contribution in [1.29, 1.82) is 0 Å². The standard InChI is InChI=1S/C13H17BrO2S/c1-17-9-10-2-3-13(12(14)8-10)16-11-4-6-15-7-5-11/h2-3,8,11H,4-7,9H2,1H3. The molecular formula is C13H17BrO2S. The van der Waals surface area contributed by atoms with Crippen LogP contribution < -0.4 is 4.74 Å². The molecule has 0 unspecified atom stereocenters. The predicted molar refractivity (Wildman–Crippen MR) is 75.8 cm³/mol. The van der Waals surface area contributed by atoms with Crippen LogP contribution in [-0.4, -0.2) is 25.6 Å². The third kappa shape index (κ3) is 3.90. The zero-order valence-corrected chi connectivity index (χ0v) is 12.4. The minimum atomic E-state index is 0.298. The molecule has 2 nitrogen and oxygen atoms in total. The maximum Gasteiger partial charge on any atom is 0.133 e. The highest BCUT2D eigenvalue weighted by Gasteiger charge is 2.16. The molecule has 0 bridgehead atoms. The lowest BCUT2D eigenvalue weighted by Crippen LogP contribution is -2.25. The summed E-state index contributed by atoms with van der Waals surface area (Å²) in [6.07, 6.45) is 4.38. The Bertz CT molecular complexity index is 364. The van der Waals surface area contributed by atoms with E-state index in [4.69, 9.17) is 9.47 Å². The number of halogens is 1. The second-order valence-electron chi connectivity index (χ2n) is 4.13. The monoisotopic (exact) mass is 316 g/mol. The van der Waals surface area contributed by atoms with Crippen LogP contribution >= 0.6 is 27.7 Å². The van der Waals surface area contributed by atoms with Crippen LogP contribution in [0.4, 0.5) is 0 Å². The highest BCUT2D eigenvalue weighted by Crippen LogP contribution is 2.29. The van der Waals surface area contributed by atoms with Gasteiger partial charge in [0, 0.05) is 18.6 Å². The molecule has 1 aromatic carbocycles. The molecule has 17 heavy (non-hydrogen) atoms. The van der Waals surface area contributed by atoms with Gasteiger partial charge in [-0.05, 0) is 39.9 Å². The number of ether oxygens (including phenoxy) is 2. The molecule has 0 atom stereocenters. The molecule has 0 spiro atoms. The van der Waals surface area contributed by atoms with Crippen molar-refractivity contribution in [3.8, 4) is 5.75 Å². The smallest absolute Gasteiger partial charge is 0.133 e. The summed E-state index contributed by atoms with van der Waals surface area (Å²) in [5.74, 6) is 1.98. The van der Waals surface area contributed by atoms with Crippen LogP contribution in [0.25, 0.3) is 0 Å². The second kappa shape index (κ2) is 6.66. The van der Waals surface area contributed by atoms with E-state index in [0.717, 1.165) is 42.0 Å². The van der Waals surface area contributed by atoms with E-state index in [1.807, 2.05) is 11.8 Å². The number of hydrogen-bond acceptors (Lipinski definition) is 3. The van der Waals surface area contributed by atoms with E-state index in [-0.39, 0.29) is 0 Å². The summed E-state index contributed by atoms with van der Waals surface area (Å²) in [6.45, 7) is 1.62. The molecule has 0 amide bonds. The van der Waals surface area contributed by atoms with E-state index in [2.05, 4.69) is 40.4 Å². The summed E-state index contributed by atoms with van der Waals surface area (Å²) in [5.41, 5.74) is 1.32. The number of thioether (sulfide) groups is 1. The zero-order chi connectivity index (χ0) is 12.1. The first kappa shape index (κ1) is 13.2. The maximum atomic E-state index is 5.99. The fourth-order valence-corrected chi connectivity index (χ4v) is 2.90. The third-order valence-electron chi connectivity index (χ3n) is 2.77. The van der Waals surface area contributed by atoms with Crippen molar-refractivity contribution < 1.29 is 9.47 Å².